The van der Waals surface area contributed by atoms with E-state index in [1.807, 2.05) is 12.1 Å². The van der Waals surface area contributed by atoms with Crippen molar-refractivity contribution in [2.24, 2.45) is 17.8 Å². The molecule has 4 bridgehead atoms. The molecule has 10 rings (SSSR count). The van der Waals surface area contributed by atoms with Gasteiger partial charge in [0.2, 0.25) is 0 Å². The van der Waals surface area contributed by atoms with Gasteiger partial charge in [0.05, 0.1) is 5.69 Å². The monoisotopic (exact) mass is 558 g/mol. The number of aromatic nitrogens is 2. The van der Waals surface area contributed by atoms with Crippen LogP contribution in [0.4, 0.5) is 0 Å². The molecule has 4 aromatic carbocycles. The van der Waals surface area contributed by atoms with Crippen molar-refractivity contribution in [1.29, 1.82) is 0 Å². The molecule has 210 valence electrons. The van der Waals surface area contributed by atoms with Gasteiger partial charge in [-0.15, -0.1) is 0 Å². The Balaban J connectivity index is 1.06. The number of hydrogen-bond acceptors (Lipinski definition) is 3. The molecule has 0 unspecified atom stereocenters. The van der Waals surface area contributed by atoms with Crippen molar-refractivity contribution in [2.75, 3.05) is 0 Å². The van der Waals surface area contributed by atoms with Crippen LogP contribution in [0.3, 0.4) is 0 Å². The standard InChI is InChI=1S/C40H34N2O/c1-2-5-33(6-3-1)36-20-34(21-38(42-36)40-22-26-17-27(23-40)19-28(18-26)24-40)31-11-9-29(10-12-31)30-13-15-32(16-14-30)35-7-4-8-37-39(35)41-25-43-37/h1-16,20-21,25-28H,17-19,22-24H2. The quantitative estimate of drug-likeness (QED) is 0.211. The molecule has 4 saturated carbocycles. The highest BCUT2D eigenvalue weighted by Crippen LogP contribution is 2.60. The first-order valence-electron chi connectivity index (χ1n) is 15.8. The highest BCUT2D eigenvalue weighted by atomic mass is 16.3. The van der Waals surface area contributed by atoms with Crippen LogP contribution >= 0.6 is 0 Å². The summed E-state index contributed by atoms with van der Waals surface area (Å²) in [5.41, 5.74) is 12.8. The highest BCUT2D eigenvalue weighted by Gasteiger charge is 2.52. The van der Waals surface area contributed by atoms with Crippen molar-refractivity contribution < 1.29 is 4.42 Å². The largest absolute Gasteiger partial charge is 0.443 e. The average Bonchev–Trinajstić information content (AvgIpc) is 3.54. The third-order valence-corrected chi connectivity index (χ3v) is 10.6. The van der Waals surface area contributed by atoms with E-state index in [1.54, 1.807) is 0 Å². The van der Waals surface area contributed by atoms with Crippen molar-refractivity contribution >= 4 is 11.1 Å². The smallest absolute Gasteiger partial charge is 0.182 e. The second-order valence-electron chi connectivity index (χ2n) is 13.3. The number of pyridine rings is 1. The number of fused-ring (bicyclic) bond motifs is 1. The molecule has 0 atom stereocenters. The fourth-order valence-corrected chi connectivity index (χ4v) is 8.97. The second kappa shape index (κ2) is 9.77. The van der Waals surface area contributed by atoms with Gasteiger partial charge in [-0.1, -0.05) is 91.0 Å². The van der Waals surface area contributed by atoms with Crippen LogP contribution in [0.15, 0.2) is 120 Å². The fraction of sp³-hybridized carbons (Fsp3) is 0.250. The SMILES string of the molecule is c1ccc(-c2cc(-c3ccc(-c4ccc(-c5cccc6ocnc56)cc4)cc3)cc(C34CC5CC(CC(C5)C3)C4)n2)cc1. The molecule has 2 aromatic heterocycles. The fourth-order valence-electron chi connectivity index (χ4n) is 8.97. The van der Waals surface area contributed by atoms with E-state index in [1.165, 1.54) is 78.4 Å². The number of hydrogen-bond donors (Lipinski definition) is 0. The molecule has 0 radical (unpaired) electrons. The van der Waals surface area contributed by atoms with Crippen LogP contribution in [0.5, 0.6) is 0 Å². The zero-order valence-electron chi connectivity index (χ0n) is 24.2. The zero-order valence-corrected chi connectivity index (χ0v) is 24.2. The minimum atomic E-state index is 0.256. The van der Waals surface area contributed by atoms with Gasteiger partial charge in [-0.3, -0.25) is 4.98 Å². The first-order valence-corrected chi connectivity index (χ1v) is 15.8. The lowest BCUT2D eigenvalue weighted by Gasteiger charge is -2.56. The Morgan fingerprint density at radius 2 is 1.16 bits per heavy atom. The van der Waals surface area contributed by atoms with Gasteiger partial charge in [-0.2, -0.15) is 0 Å². The maximum absolute atomic E-state index is 5.51. The maximum Gasteiger partial charge on any atom is 0.182 e. The summed E-state index contributed by atoms with van der Waals surface area (Å²) >= 11 is 0. The average molecular weight is 559 g/mol. The van der Waals surface area contributed by atoms with Gasteiger partial charge in [0, 0.05) is 22.2 Å². The summed E-state index contributed by atoms with van der Waals surface area (Å²) in [6.07, 6.45) is 9.83. The summed E-state index contributed by atoms with van der Waals surface area (Å²) in [4.78, 5) is 9.85. The van der Waals surface area contributed by atoms with Crippen molar-refractivity contribution in [3.05, 3.63) is 121 Å². The number of nitrogens with zero attached hydrogens (tertiary/aromatic N) is 2. The molecule has 2 heterocycles. The summed E-state index contributed by atoms with van der Waals surface area (Å²) in [6.45, 7) is 0. The van der Waals surface area contributed by atoms with Crippen molar-refractivity contribution in [3.63, 3.8) is 0 Å². The number of oxazole rings is 1. The summed E-state index contributed by atoms with van der Waals surface area (Å²) in [5, 5.41) is 0. The van der Waals surface area contributed by atoms with Gasteiger partial charge in [0.15, 0.2) is 12.0 Å². The second-order valence-corrected chi connectivity index (χ2v) is 13.3. The molecule has 0 N–H and O–H groups in total. The first-order chi connectivity index (χ1) is 21.2. The van der Waals surface area contributed by atoms with E-state index in [9.17, 15) is 0 Å². The summed E-state index contributed by atoms with van der Waals surface area (Å²) in [5.74, 6) is 2.68. The Kier molecular flexibility index (Phi) is 5.69. The van der Waals surface area contributed by atoms with Gasteiger partial charge in [0.1, 0.15) is 5.52 Å². The van der Waals surface area contributed by atoms with Crippen LogP contribution in [0.1, 0.15) is 44.2 Å². The molecule has 4 aliphatic rings. The van der Waals surface area contributed by atoms with Crippen LogP contribution in [-0.4, -0.2) is 9.97 Å². The van der Waals surface area contributed by atoms with E-state index in [-0.39, 0.29) is 5.41 Å². The maximum atomic E-state index is 5.51. The summed E-state index contributed by atoms with van der Waals surface area (Å²) in [6, 6.07) is 39.4. The Morgan fingerprint density at radius 3 is 1.81 bits per heavy atom. The van der Waals surface area contributed by atoms with Crippen LogP contribution in [0.25, 0.3) is 55.7 Å². The third kappa shape index (κ3) is 4.33. The number of rotatable bonds is 5. The van der Waals surface area contributed by atoms with Crippen molar-refractivity contribution in [1.82, 2.24) is 9.97 Å². The molecule has 0 amide bonds. The lowest BCUT2D eigenvalue weighted by atomic mass is 9.48. The minimum Gasteiger partial charge on any atom is -0.443 e. The van der Waals surface area contributed by atoms with Crippen LogP contribution < -0.4 is 0 Å². The Hall–Kier alpha value is -4.50. The van der Waals surface area contributed by atoms with Gasteiger partial charge in [-0.25, -0.2) is 4.98 Å². The van der Waals surface area contributed by atoms with Crippen LogP contribution in [0.2, 0.25) is 0 Å². The molecule has 0 spiro atoms. The Labute approximate surface area is 252 Å². The first kappa shape index (κ1) is 25.0. The lowest BCUT2D eigenvalue weighted by molar-refractivity contribution is -0.00712. The van der Waals surface area contributed by atoms with Gasteiger partial charge < -0.3 is 4.42 Å². The number of para-hydroxylation sites is 1. The summed E-state index contributed by atoms with van der Waals surface area (Å²) in [7, 11) is 0. The van der Waals surface area contributed by atoms with E-state index < -0.39 is 0 Å². The highest BCUT2D eigenvalue weighted by molar-refractivity contribution is 5.91. The van der Waals surface area contributed by atoms with E-state index in [0.29, 0.717) is 0 Å². The van der Waals surface area contributed by atoms with E-state index in [2.05, 4.69) is 102 Å². The molecular weight excluding hydrogens is 524 g/mol. The van der Waals surface area contributed by atoms with Gasteiger partial charge in [0.25, 0.3) is 0 Å². The van der Waals surface area contributed by atoms with E-state index >= 15 is 0 Å². The van der Waals surface area contributed by atoms with Crippen molar-refractivity contribution in [2.45, 2.75) is 43.9 Å². The third-order valence-electron chi connectivity index (χ3n) is 10.6. The van der Waals surface area contributed by atoms with Crippen LogP contribution in [-0.2, 0) is 5.41 Å². The Bertz CT molecular complexity index is 1900. The molecule has 3 heteroatoms. The minimum absolute atomic E-state index is 0.256. The van der Waals surface area contributed by atoms with E-state index in [0.717, 1.165) is 45.7 Å². The summed E-state index contributed by atoms with van der Waals surface area (Å²) < 4.78 is 5.51. The molecule has 4 fully saturated rings. The topological polar surface area (TPSA) is 38.9 Å². The molecule has 0 saturated heterocycles. The molecular formula is C40H34N2O. The lowest BCUT2D eigenvalue weighted by Crippen LogP contribution is -2.49. The molecule has 4 aliphatic carbocycles. The predicted molar refractivity (Wildman–Crippen MR) is 173 cm³/mol. The predicted octanol–water partition coefficient (Wildman–Crippen LogP) is 10.4. The van der Waals surface area contributed by atoms with Gasteiger partial charge >= 0.3 is 0 Å². The normalized spacial score (nSPS) is 24.0. The molecule has 43 heavy (non-hydrogen) atoms. The molecule has 0 aliphatic heterocycles. The zero-order chi connectivity index (χ0) is 28.4. The van der Waals surface area contributed by atoms with Crippen LogP contribution in [0, 0.1) is 17.8 Å². The molecule has 6 aromatic rings. The Morgan fingerprint density at radius 1 is 0.558 bits per heavy atom. The van der Waals surface area contributed by atoms with Crippen molar-refractivity contribution in [3.8, 4) is 44.6 Å². The number of benzene rings is 4. The van der Waals surface area contributed by atoms with Gasteiger partial charge in [-0.05, 0) is 102 Å². The van der Waals surface area contributed by atoms with E-state index in [4.69, 9.17) is 9.40 Å². The molecule has 3 nitrogen and oxygen atoms in total.